The van der Waals surface area contributed by atoms with Crippen molar-refractivity contribution in [3.63, 3.8) is 0 Å². The summed E-state index contributed by atoms with van der Waals surface area (Å²) >= 11 is 0. The molecule has 0 aliphatic rings. The summed E-state index contributed by atoms with van der Waals surface area (Å²) in [7, 11) is -10.5. The first-order chi connectivity index (χ1) is 18.8. The molecule has 0 radical (unpaired) electrons. The Morgan fingerprint density at radius 1 is 0.927 bits per heavy atom. The second-order valence-electron chi connectivity index (χ2n) is 9.36. The zero-order chi connectivity index (χ0) is 30.0. The summed E-state index contributed by atoms with van der Waals surface area (Å²) in [6.45, 7) is 3.32. The lowest BCUT2D eigenvalue weighted by Crippen LogP contribution is -2.17. The van der Waals surface area contributed by atoms with Crippen molar-refractivity contribution in [3.8, 4) is 16.9 Å². The monoisotopic (exact) mass is 601 g/mol. The van der Waals surface area contributed by atoms with Crippen LogP contribution in [-0.2, 0) is 6.18 Å². The van der Waals surface area contributed by atoms with Crippen LogP contribution in [0, 0.1) is 13.8 Å². The third kappa shape index (κ3) is 5.62. The molecule has 0 aliphatic heterocycles. The highest BCUT2D eigenvalue weighted by Crippen LogP contribution is 3.02. The summed E-state index contributed by atoms with van der Waals surface area (Å²) < 4.78 is 110. The predicted molar refractivity (Wildman–Crippen MR) is 138 cm³/mol. The number of carbonyl (C=O) groups excluding carboxylic acids is 1. The number of fused-ring (bicyclic) bond motifs is 1. The van der Waals surface area contributed by atoms with E-state index in [4.69, 9.17) is 0 Å². The molecule has 5 rings (SSSR count). The van der Waals surface area contributed by atoms with E-state index in [0.717, 1.165) is 5.56 Å². The summed E-state index contributed by atoms with van der Waals surface area (Å²) in [5.74, 6) is -1.43. The Labute approximate surface area is 227 Å². The van der Waals surface area contributed by atoms with Crippen LogP contribution in [0.15, 0.2) is 78.2 Å². The minimum atomic E-state index is -10.5. The summed E-state index contributed by atoms with van der Waals surface area (Å²) in [6.07, 6.45) is 1.16. The summed E-state index contributed by atoms with van der Waals surface area (Å²) in [4.78, 5) is 14.1. The molecular formula is C26H19F8N5OS. The number of pyridine rings is 1. The lowest BCUT2D eigenvalue weighted by Gasteiger charge is -2.41. The topological polar surface area (TPSA) is 64.2 Å². The van der Waals surface area contributed by atoms with Gasteiger partial charge in [-0.25, -0.2) is 4.52 Å². The molecule has 216 valence electrons. The van der Waals surface area contributed by atoms with Gasteiger partial charge in [0.15, 0.2) is 0 Å². The van der Waals surface area contributed by atoms with Crippen LogP contribution in [-0.4, -0.2) is 25.1 Å². The van der Waals surface area contributed by atoms with E-state index in [1.807, 2.05) is 6.07 Å². The quantitative estimate of drug-likeness (QED) is 0.205. The van der Waals surface area contributed by atoms with Gasteiger partial charge < -0.3 is 5.32 Å². The number of halogens is 8. The Morgan fingerprint density at radius 2 is 1.66 bits per heavy atom. The number of alkyl halides is 3. The number of nitrogens with zero attached hydrogens (tertiary/aromatic N) is 4. The third-order valence-electron chi connectivity index (χ3n) is 6.27. The molecule has 3 aromatic heterocycles. The van der Waals surface area contributed by atoms with E-state index in [9.17, 15) is 37.4 Å². The van der Waals surface area contributed by atoms with Crippen molar-refractivity contribution in [2.24, 2.45) is 0 Å². The Morgan fingerprint density at radius 3 is 2.29 bits per heavy atom. The maximum Gasteiger partial charge on any atom is 0.416 e. The van der Waals surface area contributed by atoms with Crippen molar-refractivity contribution in [2.75, 3.05) is 5.32 Å². The van der Waals surface area contributed by atoms with E-state index in [1.165, 1.54) is 6.07 Å². The van der Waals surface area contributed by atoms with Crippen molar-refractivity contribution in [1.29, 1.82) is 0 Å². The second kappa shape index (κ2) is 8.55. The average Bonchev–Trinajstić information content (AvgIpc) is 3.45. The van der Waals surface area contributed by atoms with Crippen molar-refractivity contribution in [3.05, 3.63) is 95.6 Å². The summed E-state index contributed by atoms with van der Waals surface area (Å²) in [5, 5.41) is 6.77. The van der Waals surface area contributed by atoms with Gasteiger partial charge >= 0.3 is 16.4 Å². The number of nitrogens with one attached hydrogen (secondary N) is 1. The van der Waals surface area contributed by atoms with Gasteiger partial charge in [-0.2, -0.15) is 18.3 Å². The van der Waals surface area contributed by atoms with Gasteiger partial charge in [-0.1, -0.05) is 25.5 Å². The molecule has 0 bridgehead atoms. The molecule has 0 saturated heterocycles. The van der Waals surface area contributed by atoms with Crippen LogP contribution in [0.5, 0.6) is 0 Å². The lowest BCUT2D eigenvalue weighted by molar-refractivity contribution is -0.137. The fraction of sp³-hybridized carbons (Fsp3) is 0.115. The van der Waals surface area contributed by atoms with Crippen LogP contribution >= 0.6 is 10.2 Å². The molecular weight excluding hydrogens is 582 g/mol. The van der Waals surface area contributed by atoms with Gasteiger partial charge in [0.05, 0.1) is 16.9 Å². The van der Waals surface area contributed by atoms with E-state index in [1.54, 1.807) is 65.9 Å². The number of rotatable bonds is 5. The second-order valence-corrected chi connectivity index (χ2v) is 11.8. The van der Waals surface area contributed by atoms with Crippen LogP contribution in [0.2, 0.25) is 0 Å². The predicted octanol–water partition coefficient (Wildman–Crippen LogP) is 8.73. The molecule has 0 aliphatic carbocycles. The molecule has 15 heteroatoms. The van der Waals surface area contributed by atoms with Crippen LogP contribution in [0.25, 0.3) is 22.6 Å². The van der Waals surface area contributed by atoms with Crippen molar-refractivity contribution < 1.29 is 37.4 Å². The first-order valence-electron chi connectivity index (χ1n) is 11.7. The van der Waals surface area contributed by atoms with Gasteiger partial charge in [0.2, 0.25) is 0 Å². The van der Waals surface area contributed by atoms with Crippen LogP contribution in [0.1, 0.15) is 27.0 Å². The number of hydrogen-bond donors (Lipinski definition) is 1. The molecule has 1 amide bonds. The fourth-order valence-corrected chi connectivity index (χ4v) is 4.98. The molecule has 2 aromatic carbocycles. The number of anilines is 1. The van der Waals surface area contributed by atoms with E-state index < -0.39 is 44.4 Å². The molecule has 0 fully saturated rings. The smallest absolute Gasteiger partial charge is 0.322 e. The van der Waals surface area contributed by atoms with Crippen LogP contribution < -0.4 is 5.32 Å². The van der Waals surface area contributed by atoms with Crippen LogP contribution in [0.4, 0.5) is 38.3 Å². The number of amides is 1. The first kappa shape index (κ1) is 28.1. The van der Waals surface area contributed by atoms with E-state index >= 15 is 0 Å². The van der Waals surface area contributed by atoms with E-state index in [-0.39, 0.29) is 17.8 Å². The van der Waals surface area contributed by atoms with Gasteiger partial charge in [-0.3, -0.25) is 14.3 Å². The number of carbonyl (C=O) groups is 1. The molecule has 5 aromatic rings. The van der Waals surface area contributed by atoms with Crippen LogP contribution in [0.3, 0.4) is 0 Å². The molecule has 1 N–H and O–H groups in total. The largest absolute Gasteiger partial charge is 0.416 e. The van der Waals surface area contributed by atoms with E-state index in [2.05, 4.69) is 15.4 Å². The molecule has 0 atom stereocenters. The highest BCUT2D eigenvalue weighted by Gasteiger charge is 2.66. The SMILES string of the molecule is Cc1cc(C)c(-n2ccn3nc(-c4cccnc4)cc23)cc1NC(=O)c1cc(C(F)(F)F)cc(S(F)(F)(F)(F)F)c1. The summed E-state index contributed by atoms with van der Waals surface area (Å²) in [6, 6.07) is 7.57. The van der Waals surface area contributed by atoms with Crippen molar-refractivity contribution >= 4 is 27.5 Å². The Kier molecular flexibility index (Phi) is 5.87. The Bertz CT molecular complexity index is 1830. The number of hydrogen-bond acceptors (Lipinski definition) is 3. The minimum absolute atomic E-state index is 0.0424. The zero-order valence-electron chi connectivity index (χ0n) is 21.1. The van der Waals surface area contributed by atoms with Gasteiger partial charge in [-0.15, -0.1) is 0 Å². The number of imidazole rings is 1. The number of benzene rings is 2. The Balaban J connectivity index is 1.55. The maximum absolute atomic E-state index is 13.4. The zero-order valence-corrected chi connectivity index (χ0v) is 21.9. The van der Waals surface area contributed by atoms with Gasteiger partial charge in [0.1, 0.15) is 10.5 Å². The molecule has 0 unspecified atom stereocenters. The van der Waals surface area contributed by atoms with E-state index in [0.29, 0.717) is 28.2 Å². The molecule has 41 heavy (non-hydrogen) atoms. The minimum Gasteiger partial charge on any atom is -0.322 e. The highest BCUT2D eigenvalue weighted by atomic mass is 32.5. The Hall–Kier alpha value is -4.40. The molecule has 3 heterocycles. The van der Waals surface area contributed by atoms with Gasteiger partial charge in [0, 0.05) is 47.7 Å². The summed E-state index contributed by atoms with van der Waals surface area (Å²) in [5.41, 5.74) is 0.396. The van der Waals surface area contributed by atoms with Gasteiger partial charge in [-0.05, 0) is 61.4 Å². The maximum atomic E-state index is 13.4. The molecule has 0 saturated carbocycles. The normalized spacial score (nSPS) is 14.1. The standard InChI is InChI=1S/C26H19F8N5OS/c1-15-8-16(2)23(38-6-7-39-24(38)13-22(37-39)17-4-3-5-35-14-17)12-21(15)36-25(40)18-9-19(26(27,28)29)11-20(10-18)41(30,31,32,33)34/h3-14H,1-2H3,(H,36,40). The van der Waals surface area contributed by atoms with Gasteiger partial charge in [0.25, 0.3) is 5.91 Å². The number of aromatic nitrogens is 4. The van der Waals surface area contributed by atoms with Crippen molar-refractivity contribution in [1.82, 2.24) is 19.2 Å². The average molecular weight is 602 g/mol. The third-order valence-corrected chi connectivity index (χ3v) is 7.40. The van der Waals surface area contributed by atoms with Crippen molar-refractivity contribution in [2.45, 2.75) is 24.9 Å². The fourth-order valence-electron chi connectivity index (χ4n) is 4.29. The highest BCUT2D eigenvalue weighted by molar-refractivity contribution is 8.45. The molecule has 0 spiro atoms. The number of aryl methyl sites for hydroxylation is 2. The molecule has 6 nitrogen and oxygen atoms in total. The lowest BCUT2D eigenvalue weighted by atomic mass is 10.1. The first-order valence-corrected chi connectivity index (χ1v) is 13.6.